The van der Waals surface area contributed by atoms with Crippen LogP contribution in [-0.4, -0.2) is 39.3 Å². The number of anilines is 1. The number of nitrogens with zero attached hydrogens (tertiary/aromatic N) is 1. The van der Waals surface area contributed by atoms with Gasteiger partial charge in [0.2, 0.25) is 10.0 Å². The van der Waals surface area contributed by atoms with Crippen LogP contribution in [0.2, 0.25) is 0 Å². The number of aryl methyl sites for hydroxylation is 1. The van der Waals surface area contributed by atoms with E-state index in [4.69, 9.17) is 4.74 Å². The van der Waals surface area contributed by atoms with E-state index in [2.05, 4.69) is 5.32 Å². The number of benzene rings is 3. The standard InChI is InChI=1S/C21H22N2O4S/c1-15-8-10-18(13-20(15)28(25,26)23(2)3)22-21(24)14-27-19-11-9-16-6-4-5-7-17(16)12-19/h4-13H,14H2,1-3H3,(H,22,24). The van der Waals surface area contributed by atoms with E-state index in [1.807, 2.05) is 42.5 Å². The van der Waals surface area contributed by atoms with Gasteiger partial charge in [0, 0.05) is 19.8 Å². The summed E-state index contributed by atoms with van der Waals surface area (Å²) in [6.45, 7) is 1.53. The molecule has 1 N–H and O–H groups in total. The Hall–Kier alpha value is -2.90. The SMILES string of the molecule is Cc1ccc(NC(=O)COc2ccc3ccccc3c2)cc1S(=O)(=O)N(C)C. The number of hydrogen-bond acceptors (Lipinski definition) is 4. The Bertz CT molecular complexity index is 1120. The van der Waals surface area contributed by atoms with Crippen molar-refractivity contribution in [3.05, 3.63) is 66.2 Å². The van der Waals surface area contributed by atoms with E-state index in [0.717, 1.165) is 15.1 Å². The van der Waals surface area contributed by atoms with Gasteiger partial charge in [-0.1, -0.05) is 36.4 Å². The van der Waals surface area contributed by atoms with Gasteiger partial charge in [-0.3, -0.25) is 4.79 Å². The van der Waals surface area contributed by atoms with Crippen LogP contribution in [0.5, 0.6) is 5.75 Å². The van der Waals surface area contributed by atoms with Gasteiger partial charge >= 0.3 is 0 Å². The lowest BCUT2D eigenvalue weighted by Gasteiger charge is -2.15. The van der Waals surface area contributed by atoms with E-state index in [1.165, 1.54) is 20.2 Å². The average Bonchev–Trinajstić information content (AvgIpc) is 2.67. The van der Waals surface area contributed by atoms with Crippen LogP contribution in [0.4, 0.5) is 5.69 Å². The summed E-state index contributed by atoms with van der Waals surface area (Å²) in [7, 11) is -0.652. The minimum atomic E-state index is -3.59. The monoisotopic (exact) mass is 398 g/mol. The Labute approximate surface area is 164 Å². The van der Waals surface area contributed by atoms with Gasteiger partial charge in [0.1, 0.15) is 5.75 Å². The summed E-state index contributed by atoms with van der Waals surface area (Å²) in [5.41, 5.74) is 1.01. The number of hydrogen-bond donors (Lipinski definition) is 1. The molecule has 1 amide bonds. The van der Waals surface area contributed by atoms with E-state index < -0.39 is 10.0 Å². The molecule has 28 heavy (non-hydrogen) atoms. The first-order valence-corrected chi connectivity index (χ1v) is 10.2. The lowest BCUT2D eigenvalue weighted by atomic mass is 10.1. The molecule has 0 fully saturated rings. The largest absolute Gasteiger partial charge is 0.484 e. The number of ether oxygens (including phenoxy) is 1. The number of amides is 1. The van der Waals surface area contributed by atoms with Gasteiger partial charge in [0.05, 0.1) is 4.90 Å². The molecule has 3 aromatic rings. The molecular weight excluding hydrogens is 376 g/mol. The molecule has 0 bridgehead atoms. The zero-order chi connectivity index (χ0) is 20.3. The molecule has 3 aromatic carbocycles. The Kier molecular flexibility index (Phi) is 5.67. The Morgan fingerprint density at radius 3 is 2.43 bits per heavy atom. The topological polar surface area (TPSA) is 75.7 Å². The van der Waals surface area contributed by atoms with Crippen LogP contribution in [0, 0.1) is 6.92 Å². The van der Waals surface area contributed by atoms with E-state index in [0.29, 0.717) is 17.0 Å². The van der Waals surface area contributed by atoms with Gasteiger partial charge in [-0.25, -0.2) is 12.7 Å². The highest BCUT2D eigenvalue weighted by atomic mass is 32.2. The molecule has 0 spiro atoms. The molecular formula is C21H22N2O4S. The highest BCUT2D eigenvalue weighted by molar-refractivity contribution is 7.89. The van der Waals surface area contributed by atoms with Gasteiger partial charge in [-0.2, -0.15) is 0 Å². The molecule has 0 aliphatic rings. The Morgan fingerprint density at radius 2 is 1.71 bits per heavy atom. The third kappa shape index (κ3) is 4.32. The van der Waals surface area contributed by atoms with Crippen molar-refractivity contribution < 1.29 is 17.9 Å². The van der Waals surface area contributed by atoms with Crippen LogP contribution < -0.4 is 10.1 Å². The molecule has 6 nitrogen and oxygen atoms in total. The van der Waals surface area contributed by atoms with Gasteiger partial charge in [0.15, 0.2) is 6.61 Å². The second-order valence-corrected chi connectivity index (χ2v) is 8.73. The average molecular weight is 398 g/mol. The second kappa shape index (κ2) is 8.00. The van der Waals surface area contributed by atoms with Crippen LogP contribution in [0.15, 0.2) is 65.6 Å². The second-order valence-electron chi connectivity index (χ2n) is 6.61. The predicted octanol–water partition coefficient (Wildman–Crippen LogP) is 3.42. The molecule has 0 aromatic heterocycles. The maximum Gasteiger partial charge on any atom is 0.262 e. The van der Waals surface area contributed by atoms with Gasteiger partial charge < -0.3 is 10.1 Å². The van der Waals surface area contributed by atoms with Crippen LogP contribution in [0.25, 0.3) is 10.8 Å². The molecule has 0 saturated carbocycles. The molecule has 0 aliphatic carbocycles. The summed E-state index contributed by atoms with van der Waals surface area (Å²) in [5.74, 6) is 0.221. The molecule has 0 saturated heterocycles. The zero-order valence-electron chi connectivity index (χ0n) is 16.0. The van der Waals surface area contributed by atoms with Crippen molar-refractivity contribution in [2.75, 3.05) is 26.0 Å². The van der Waals surface area contributed by atoms with E-state index in [9.17, 15) is 13.2 Å². The predicted molar refractivity (Wildman–Crippen MR) is 110 cm³/mol. The molecule has 7 heteroatoms. The maximum atomic E-state index is 12.4. The number of carbonyl (C=O) groups is 1. The molecule has 0 unspecified atom stereocenters. The molecule has 0 radical (unpaired) electrons. The van der Waals surface area contributed by atoms with Crippen molar-refractivity contribution >= 4 is 32.4 Å². The Morgan fingerprint density at radius 1 is 1.00 bits per heavy atom. The van der Waals surface area contributed by atoms with Crippen molar-refractivity contribution in [1.82, 2.24) is 4.31 Å². The summed E-state index contributed by atoms with van der Waals surface area (Å²) in [6, 6.07) is 18.3. The van der Waals surface area contributed by atoms with Crippen molar-refractivity contribution in [2.45, 2.75) is 11.8 Å². The zero-order valence-corrected chi connectivity index (χ0v) is 16.8. The minimum absolute atomic E-state index is 0.158. The van der Waals surface area contributed by atoms with Crippen molar-refractivity contribution in [3.8, 4) is 5.75 Å². The fraction of sp³-hybridized carbons (Fsp3) is 0.190. The number of sulfonamides is 1. The molecule has 3 rings (SSSR count). The fourth-order valence-electron chi connectivity index (χ4n) is 2.76. The molecule has 0 atom stereocenters. The molecule has 0 heterocycles. The van der Waals surface area contributed by atoms with E-state index >= 15 is 0 Å². The highest BCUT2D eigenvalue weighted by Gasteiger charge is 2.20. The summed E-state index contributed by atoms with van der Waals surface area (Å²) in [6.07, 6.45) is 0. The summed E-state index contributed by atoms with van der Waals surface area (Å²) >= 11 is 0. The smallest absolute Gasteiger partial charge is 0.262 e. The molecule has 0 aliphatic heterocycles. The lowest BCUT2D eigenvalue weighted by molar-refractivity contribution is -0.118. The third-order valence-electron chi connectivity index (χ3n) is 4.32. The van der Waals surface area contributed by atoms with Crippen molar-refractivity contribution in [2.24, 2.45) is 0 Å². The number of carbonyl (C=O) groups excluding carboxylic acids is 1. The van der Waals surface area contributed by atoms with Crippen LogP contribution >= 0.6 is 0 Å². The van der Waals surface area contributed by atoms with E-state index in [1.54, 1.807) is 19.1 Å². The summed E-state index contributed by atoms with van der Waals surface area (Å²) in [4.78, 5) is 12.4. The van der Waals surface area contributed by atoms with Gasteiger partial charge in [-0.15, -0.1) is 0 Å². The third-order valence-corrected chi connectivity index (χ3v) is 6.28. The van der Waals surface area contributed by atoms with Crippen molar-refractivity contribution in [3.63, 3.8) is 0 Å². The van der Waals surface area contributed by atoms with Crippen LogP contribution in [0.3, 0.4) is 0 Å². The minimum Gasteiger partial charge on any atom is -0.484 e. The fourth-order valence-corrected chi connectivity index (χ4v) is 3.90. The van der Waals surface area contributed by atoms with Crippen molar-refractivity contribution in [1.29, 1.82) is 0 Å². The van der Waals surface area contributed by atoms with Gasteiger partial charge in [0.25, 0.3) is 5.91 Å². The molecule has 146 valence electrons. The van der Waals surface area contributed by atoms with Gasteiger partial charge in [-0.05, 0) is 47.5 Å². The first-order chi connectivity index (χ1) is 13.3. The number of nitrogens with one attached hydrogen (secondary N) is 1. The number of fused-ring (bicyclic) bond motifs is 1. The maximum absolute atomic E-state index is 12.4. The first-order valence-electron chi connectivity index (χ1n) is 8.72. The normalized spacial score (nSPS) is 11.6. The first kappa shape index (κ1) is 19.9. The Balaban J connectivity index is 1.69. The summed E-state index contributed by atoms with van der Waals surface area (Å²) < 4.78 is 31.5. The van der Waals surface area contributed by atoms with Crippen LogP contribution in [-0.2, 0) is 14.8 Å². The highest BCUT2D eigenvalue weighted by Crippen LogP contribution is 2.23. The quantitative estimate of drug-likeness (QED) is 0.690. The van der Waals surface area contributed by atoms with E-state index in [-0.39, 0.29) is 17.4 Å². The lowest BCUT2D eigenvalue weighted by Crippen LogP contribution is -2.24. The summed E-state index contributed by atoms with van der Waals surface area (Å²) in [5, 5.41) is 4.80. The van der Waals surface area contributed by atoms with Crippen LogP contribution in [0.1, 0.15) is 5.56 Å². The number of rotatable bonds is 6.